The molecule has 110 valence electrons. The number of likely N-dealkylation sites (tertiary alicyclic amines) is 1. The second-order valence-electron chi connectivity index (χ2n) is 6.45. The number of nitrogens with zero attached hydrogens (tertiary/aromatic N) is 1. The summed E-state index contributed by atoms with van der Waals surface area (Å²) < 4.78 is 0. The Labute approximate surface area is 121 Å². The number of amides is 1. The molecule has 1 aliphatic rings. The number of hydrogen-bond acceptors (Lipinski definition) is 2. The Balaban J connectivity index is 1.91. The lowest BCUT2D eigenvalue weighted by atomic mass is 9.95. The molecule has 1 heterocycles. The van der Waals surface area contributed by atoms with E-state index in [1.54, 1.807) is 4.90 Å². The van der Waals surface area contributed by atoms with Crippen LogP contribution in [0.4, 0.5) is 0 Å². The highest BCUT2D eigenvalue weighted by Crippen LogP contribution is 2.27. The third-order valence-electron chi connectivity index (χ3n) is 4.62. The van der Waals surface area contributed by atoms with Crippen LogP contribution >= 0.6 is 0 Å². The van der Waals surface area contributed by atoms with E-state index in [-0.39, 0.29) is 11.8 Å². The van der Waals surface area contributed by atoms with E-state index in [0.29, 0.717) is 19.5 Å². The monoisotopic (exact) mass is 275 g/mol. The van der Waals surface area contributed by atoms with Crippen molar-refractivity contribution in [3.05, 3.63) is 34.9 Å². The first-order valence-corrected chi connectivity index (χ1v) is 7.36. The van der Waals surface area contributed by atoms with Crippen LogP contribution in [0.2, 0.25) is 0 Å². The topological polar surface area (TPSA) is 40.5 Å². The highest BCUT2D eigenvalue weighted by atomic mass is 16.3. The van der Waals surface area contributed by atoms with E-state index in [4.69, 9.17) is 0 Å². The van der Waals surface area contributed by atoms with Gasteiger partial charge in [0.15, 0.2) is 0 Å². The summed E-state index contributed by atoms with van der Waals surface area (Å²) in [6, 6.07) is 6.36. The fourth-order valence-electron chi connectivity index (χ4n) is 2.69. The molecule has 1 aliphatic heterocycles. The van der Waals surface area contributed by atoms with Crippen LogP contribution in [0.1, 0.15) is 37.0 Å². The van der Waals surface area contributed by atoms with Crippen LogP contribution in [0, 0.1) is 19.8 Å². The van der Waals surface area contributed by atoms with Crippen molar-refractivity contribution in [1.29, 1.82) is 0 Å². The number of aliphatic hydroxyl groups is 1. The Hall–Kier alpha value is -1.35. The van der Waals surface area contributed by atoms with Gasteiger partial charge in [-0.15, -0.1) is 0 Å². The number of aryl methyl sites for hydroxylation is 3. The molecule has 2 atom stereocenters. The van der Waals surface area contributed by atoms with Crippen LogP contribution in [0.3, 0.4) is 0 Å². The molecule has 1 amide bonds. The number of benzene rings is 1. The van der Waals surface area contributed by atoms with Crippen LogP contribution in [-0.2, 0) is 11.2 Å². The van der Waals surface area contributed by atoms with Gasteiger partial charge < -0.3 is 10.0 Å². The summed E-state index contributed by atoms with van der Waals surface area (Å²) in [6.07, 6.45) is 1.29. The van der Waals surface area contributed by atoms with Gasteiger partial charge in [0.25, 0.3) is 0 Å². The average Bonchev–Trinajstić information content (AvgIpc) is 2.65. The molecule has 2 rings (SSSR count). The van der Waals surface area contributed by atoms with E-state index in [9.17, 15) is 9.90 Å². The molecule has 0 bridgehead atoms. The van der Waals surface area contributed by atoms with Gasteiger partial charge in [-0.1, -0.05) is 25.1 Å². The Bertz CT molecular complexity index is 508. The standard InChI is InChI=1S/C17H25NO2/c1-12-5-6-15(9-13(12)2)7-8-16(19)18-10-14(3)17(4,20)11-18/h5-6,9,14,20H,7-8,10-11H2,1-4H3/t14-,17+/m1/s1. The van der Waals surface area contributed by atoms with E-state index >= 15 is 0 Å². The zero-order chi connectivity index (χ0) is 14.9. The third kappa shape index (κ3) is 3.21. The van der Waals surface area contributed by atoms with Gasteiger partial charge in [0.2, 0.25) is 5.91 Å². The quantitative estimate of drug-likeness (QED) is 0.920. The van der Waals surface area contributed by atoms with Crippen LogP contribution in [0.15, 0.2) is 18.2 Å². The van der Waals surface area contributed by atoms with Gasteiger partial charge in [0, 0.05) is 25.4 Å². The van der Waals surface area contributed by atoms with Crippen molar-refractivity contribution in [2.45, 2.75) is 46.1 Å². The molecule has 20 heavy (non-hydrogen) atoms. The van der Waals surface area contributed by atoms with Crippen LogP contribution < -0.4 is 0 Å². The summed E-state index contributed by atoms with van der Waals surface area (Å²) in [7, 11) is 0. The van der Waals surface area contributed by atoms with E-state index in [1.807, 2.05) is 13.8 Å². The van der Waals surface area contributed by atoms with E-state index in [1.165, 1.54) is 16.7 Å². The summed E-state index contributed by atoms with van der Waals surface area (Å²) >= 11 is 0. The van der Waals surface area contributed by atoms with Gasteiger partial charge >= 0.3 is 0 Å². The highest BCUT2D eigenvalue weighted by Gasteiger charge is 2.40. The zero-order valence-corrected chi connectivity index (χ0v) is 12.9. The summed E-state index contributed by atoms with van der Waals surface area (Å²) in [6.45, 7) is 9.13. The maximum atomic E-state index is 12.2. The molecule has 3 heteroatoms. The molecular weight excluding hydrogens is 250 g/mol. The first-order chi connectivity index (χ1) is 9.29. The molecule has 0 spiro atoms. The number of hydrogen-bond donors (Lipinski definition) is 1. The lowest BCUT2D eigenvalue weighted by Crippen LogP contribution is -2.35. The van der Waals surface area contributed by atoms with Crippen molar-refractivity contribution in [2.24, 2.45) is 5.92 Å². The van der Waals surface area contributed by atoms with Crippen LogP contribution in [-0.4, -0.2) is 34.6 Å². The van der Waals surface area contributed by atoms with Gasteiger partial charge in [-0.05, 0) is 43.9 Å². The van der Waals surface area contributed by atoms with Gasteiger partial charge in [-0.2, -0.15) is 0 Å². The average molecular weight is 275 g/mol. The molecule has 1 aromatic carbocycles. The van der Waals surface area contributed by atoms with E-state index in [0.717, 1.165) is 6.42 Å². The smallest absolute Gasteiger partial charge is 0.223 e. The predicted octanol–water partition coefficient (Wildman–Crippen LogP) is 2.47. The molecule has 1 N–H and O–H groups in total. The zero-order valence-electron chi connectivity index (χ0n) is 12.9. The first kappa shape index (κ1) is 15.0. The second kappa shape index (κ2) is 5.57. The molecule has 0 saturated carbocycles. The Morgan fingerprint density at radius 2 is 2.10 bits per heavy atom. The van der Waals surface area contributed by atoms with Crippen LogP contribution in [0.25, 0.3) is 0 Å². The minimum atomic E-state index is -0.740. The maximum absolute atomic E-state index is 12.2. The molecular formula is C17H25NO2. The highest BCUT2D eigenvalue weighted by molar-refractivity contribution is 5.77. The van der Waals surface area contributed by atoms with E-state index < -0.39 is 5.60 Å². The molecule has 0 unspecified atom stereocenters. The molecule has 1 saturated heterocycles. The van der Waals surface area contributed by atoms with Gasteiger partial charge in [-0.25, -0.2) is 0 Å². The Kier molecular flexibility index (Phi) is 4.19. The lowest BCUT2D eigenvalue weighted by molar-refractivity contribution is -0.131. The van der Waals surface area contributed by atoms with Crippen molar-refractivity contribution in [3.8, 4) is 0 Å². The Morgan fingerprint density at radius 3 is 2.65 bits per heavy atom. The Morgan fingerprint density at radius 1 is 1.40 bits per heavy atom. The van der Waals surface area contributed by atoms with Crippen molar-refractivity contribution >= 4 is 5.91 Å². The summed E-state index contributed by atoms with van der Waals surface area (Å²) in [5.41, 5.74) is 3.02. The third-order valence-corrected chi connectivity index (χ3v) is 4.62. The van der Waals surface area contributed by atoms with Crippen molar-refractivity contribution in [3.63, 3.8) is 0 Å². The molecule has 0 aromatic heterocycles. The molecule has 0 aliphatic carbocycles. The number of rotatable bonds is 3. The number of β-amino-alcohol motifs (C(OH)–C–C–N with tert-alkyl or cyclic N) is 1. The molecule has 3 nitrogen and oxygen atoms in total. The summed E-state index contributed by atoms with van der Waals surface area (Å²) in [4.78, 5) is 14.0. The summed E-state index contributed by atoms with van der Waals surface area (Å²) in [5.74, 6) is 0.293. The van der Waals surface area contributed by atoms with Crippen molar-refractivity contribution < 1.29 is 9.90 Å². The molecule has 0 radical (unpaired) electrons. The fourth-order valence-corrected chi connectivity index (χ4v) is 2.69. The number of carbonyl (C=O) groups is 1. The van der Waals surface area contributed by atoms with Gasteiger partial charge in [0.05, 0.1) is 5.60 Å². The second-order valence-corrected chi connectivity index (χ2v) is 6.45. The van der Waals surface area contributed by atoms with Gasteiger partial charge in [-0.3, -0.25) is 4.79 Å². The van der Waals surface area contributed by atoms with Crippen molar-refractivity contribution in [2.75, 3.05) is 13.1 Å². The predicted molar refractivity (Wildman–Crippen MR) is 80.6 cm³/mol. The number of carbonyl (C=O) groups excluding carboxylic acids is 1. The molecule has 1 aromatic rings. The molecule has 1 fully saturated rings. The largest absolute Gasteiger partial charge is 0.388 e. The first-order valence-electron chi connectivity index (χ1n) is 7.36. The van der Waals surface area contributed by atoms with Crippen molar-refractivity contribution in [1.82, 2.24) is 4.90 Å². The SMILES string of the molecule is Cc1ccc(CCC(=O)N2C[C@@H](C)[C@@](C)(O)C2)cc1C. The van der Waals surface area contributed by atoms with Crippen LogP contribution in [0.5, 0.6) is 0 Å². The maximum Gasteiger partial charge on any atom is 0.223 e. The normalized spacial score (nSPS) is 26.1. The van der Waals surface area contributed by atoms with Gasteiger partial charge in [0.1, 0.15) is 0 Å². The fraction of sp³-hybridized carbons (Fsp3) is 0.588. The minimum Gasteiger partial charge on any atom is -0.388 e. The summed E-state index contributed by atoms with van der Waals surface area (Å²) in [5, 5.41) is 10.1. The lowest BCUT2D eigenvalue weighted by Gasteiger charge is -2.20. The van der Waals surface area contributed by atoms with E-state index in [2.05, 4.69) is 32.0 Å². The minimum absolute atomic E-state index is 0.146.